The van der Waals surface area contributed by atoms with Crippen molar-refractivity contribution in [2.75, 3.05) is 44.2 Å². The number of carbonyl (C=O) groups excluding carboxylic acids is 3. The van der Waals surface area contributed by atoms with E-state index in [-0.39, 0.29) is 17.3 Å². The number of hydrogen-bond donors (Lipinski definition) is 3. The van der Waals surface area contributed by atoms with Crippen molar-refractivity contribution in [3.05, 3.63) is 45.1 Å². The van der Waals surface area contributed by atoms with Crippen molar-refractivity contribution in [2.24, 2.45) is 0 Å². The zero-order valence-electron chi connectivity index (χ0n) is 19.8. The Balaban J connectivity index is 1.57. The smallest absolute Gasteiger partial charge is 0.261 e. The predicted octanol–water partition coefficient (Wildman–Crippen LogP) is 1.35. The van der Waals surface area contributed by atoms with Gasteiger partial charge in [-0.15, -0.1) is 11.3 Å². The first-order chi connectivity index (χ1) is 17.2. The fourth-order valence-corrected chi connectivity index (χ4v) is 6.75. The molecule has 1 aromatic carbocycles. The average molecular weight is 554 g/mol. The monoisotopic (exact) mass is 553 g/mol. The summed E-state index contributed by atoms with van der Waals surface area (Å²) in [5, 5.41) is 5.81. The van der Waals surface area contributed by atoms with Gasteiger partial charge in [0.15, 0.2) is 0 Å². The normalized spacial score (nSPS) is 17.3. The van der Waals surface area contributed by atoms with Crippen molar-refractivity contribution >= 4 is 56.4 Å². The van der Waals surface area contributed by atoms with Gasteiger partial charge in [0.2, 0.25) is 21.8 Å². The van der Waals surface area contributed by atoms with Crippen LogP contribution in [-0.2, 0) is 19.6 Å². The lowest BCUT2D eigenvalue weighted by atomic mass is 10.2. The molecule has 36 heavy (non-hydrogen) atoms. The van der Waals surface area contributed by atoms with Crippen molar-refractivity contribution in [1.82, 2.24) is 20.3 Å². The number of piperazine rings is 1. The maximum Gasteiger partial charge on any atom is 0.261 e. The van der Waals surface area contributed by atoms with E-state index in [2.05, 4.69) is 15.4 Å². The van der Waals surface area contributed by atoms with Crippen LogP contribution in [0.4, 0.5) is 5.69 Å². The van der Waals surface area contributed by atoms with Gasteiger partial charge < -0.3 is 20.4 Å². The predicted molar refractivity (Wildman–Crippen MR) is 138 cm³/mol. The Bertz CT molecular complexity index is 1260. The molecule has 2 saturated heterocycles. The van der Waals surface area contributed by atoms with E-state index >= 15 is 0 Å². The molecule has 1 atom stereocenters. The first kappa shape index (κ1) is 26.6. The second-order valence-electron chi connectivity index (χ2n) is 8.61. The van der Waals surface area contributed by atoms with Gasteiger partial charge in [-0.2, -0.15) is 4.72 Å². The molecule has 0 radical (unpaired) electrons. The highest BCUT2D eigenvalue weighted by molar-refractivity contribution is 7.89. The Morgan fingerprint density at radius 1 is 1.17 bits per heavy atom. The van der Waals surface area contributed by atoms with Gasteiger partial charge in [0.05, 0.1) is 14.1 Å². The van der Waals surface area contributed by atoms with Crippen LogP contribution in [0.5, 0.6) is 0 Å². The molecule has 13 heteroatoms. The molecule has 0 saturated carbocycles. The number of nitrogens with zero attached hydrogens (tertiary/aromatic N) is 2. The third kappa shape index (κ3) is 5.89. The number of benzene rings is 1. The SMILES string of the molecule is Cc1c(N2CCCC2=O)cccc1S(=O)(=O)N[C@@H](CNC(=O)c1ccc(Cl)s1)C(=O)N1CCNCC1. The zero-order chi connectivity index (χ0) is 25.9. The maximum atomic E-state index is 13.5. The average Bonchev–Trinajstić information content (AvgIpc) is 3.49. The summed E-state index contributed by atoms with van der Waals surface area (Å²) in [6.07, 6.45) is 1.13. The summed E-state index contributed by atoms with van der Waals surface area (Å²) in [5.41, 5.74) is 0.958. The van der Waals surface area contributed by atoms with Crippen molar-refractivity contribution < 1.29 is 22.8 Å². The lowest BCUT2D eigenvalue weighted by Crippen LogP contribution is -2.57. The van der Waals surface area contributed by atoms with E-state index in [1.807, 2.05) is 0 Å². The first-order valence-corrected chi connectivity index (χ1v) is 14.3. The lowest BCUT2D eigenvalue weighted by Gasteiger charge is -2.31. The Kier molecular flexibility index (Phi) is 8.30. The number of halogens is 1. The summed E-state index contributed by atoms with van der Waals surface area (Å²) in [6, 6.07) is 6.68. The van der Waals surface area contributed by atoms with Gasteiger partial charge in [-0.1, -0.05) is 17.7 Å². The van der Waals surface area contributed by atoms with E-state index in [1.165, 1.54) is 6.07 Å². The molecule has 4 rings (SSSR count). The van der Waals surface area contributed by atoms with E-state index in [9.17, 15) is 22.8 Å². The third-order valence-corrected chi connectivity index (χ3v) is 9.04. The summed E-state index contributed by atoms with van der Waals surface area (Å²) in [5.74, 6) is -0.924. The number of amides is 3. The van der Waals surface area contributed by atoms with Crippen LogP contribution in [0.2, 0.25) is 4.34 Å². The molecular weight excluding hydrogens is 526 g/mol. The Hall–Kier alpha value is -2.51. The number of anilines is 1. The van der Waals surface area contributed by atoms with Crippen molar-refractivity contribution in [1.29, 1.82) is 0 Å². The van der Waals surface area contributed by atoms with Crippen LogP contribution in [0.3, 0.4) is 0 Å². The molecule has 2 aromatic rings. The third-order valence-electron chi connectivity index (χ3n) is 6.20. The van der Waals surface area contributed by atoms with Crippen LogP contribution in [0.1, 0.15) is 28.1 Å². The van der Waals surface area contributed by atoms with E-state index < -0.39 is 27.9 Å². The van der Waals surface area contributed by atoms with Gasteiger partial charge in [-0.05, 0) is 43.2 Å². The fraction of sp³-hybridized carbons (Fsp3) is 0.435. The summed E-state index contributed by atoms with van der Waals surface area (Å²) in [7, 11) is -4.17. The molecule has 2 fully saturated rings. The zero-order valence-corrected chi connectivity index (χ0v) is 22.1. The van der Waals surface area contributed by atoms with Crippen LogP contribution in [0.25, 0.3) is 0 Å². The molecule has 1 aromatic heterocycles. The van der Waals surface area contributed by atoms with Crippen LogP contribution < -0.4 is 20.3 Å². The van der Waals surface area contributed by atoms with Crippen LogP contribution in [0.15, 0.2) is 35.2 Å². The van der Waals surface area contributed by atoms with Crippen LogP contribution >= 0.6 is 22.9 Å². The number of thiophene rings is 1. The molecule has 10 nitrogen and oxygen atoms in total. The summed E-state index contributed by atoms with van der Waals surface area (Å²) in [6.45, 7) is 3.98. The van der Waals surface area contributed by atoms with Crippen LogP contribution in [0, 0.1) is 6.92 Å². The highest BCUT2D eigenvalue weighted by atomic mass is 35.5. The van der Waals surface area contributed by atoms with E-state index in [0.29, 0.717) is 66.0 Å². The first-order valence-electron chi connectivity index (χ1n) is 11.6. The lowest BCUT2D eigenvalue weighted by molar-refractivity contribution is -0.133. The Morgan fingerprint density at radius 2 is 1.92 bits per heavy atom. The molecule has 0 bridgehead atoms. The molecular formula is C23H28ClN5O5S2. The van der Waals surface area contributed by atoms with Crippen molar-refractivity contribution in [3.8, 4) is 0 Å². The number of sulfonamides is 1. The molecule has 3 amide bonds. The van der Waals surface area contributed by atoms with Gasteiger partial charge in [-0.3, -0.25) is 14.4 Å². The summed E-state index contributed by atoms with van der Waals surface area (Å²) < 4.78 is 29.9. The minimum Gasteiger partial charge on any atom is -0.349 e. The fourth-order valence-electron chi connectivity index (χ4n) is 4.34. The Labute approximate surface area is 219 Å². The number of hydrogen-bond acceptors (Lipinski definition) is 7. The second kappa shape index (κ2) is 11.3. The quantitative estimate of drug-likeness (QED) is 0.453. The molecule has 0 spiro atoms. The second-order valence-corrected chi connectivity index (χ2v) is 12.0. The minimum atomic E-state index is -4.17. The number of nitrogens with one attached hydrogen (secondary N) is 3. The standard InChI is InChI=1S/C23H28ClN5O5S2/c1-15-17(29-11-3-6-21(29)30)4-2-5-19(15)36(33,34)27-16(23(32)28-12-9-25-10-13-28)14-26-22(31)18-7-8-20(24)35-18/h2,4-5,7-8,16,25,27H,3,6,9-14H2,1H3,(H,26,31)/t16-/m0/s1. The molecule has 2 aliphatic rings. The Morgan fingerprint density at radius 3 is 2.56 bits per heavy atom. The summed E-state index contributed by atoms with van der Waals surface area (Å²) in [4.78, 5) is 41.6. The minimum absolute atomic E-state index is 0.0193. The highest BCUT2D eigenvalue weighted by Crippen LogP contribution is 2.29. The van der Waals surface area contributed by atoms with Crippen molar-refractivity contribution in [3.63, 3.8) is 0 Å². The molecule has 0 unspecified atom stereocenters. The topological polar surface area (TPSA) is 128 Å². The molecule has 3 N–H and O–H groups in total. The molecule has 2 aliphatic heterocycles. The van der Waals surface area contributed by atoms with Crippen LogP contribution in [-0.4, -0.2) is 76.3 Å². The van der Waals surface area contributed by atoms with Gasteiger partial charge in [-0.25, -0.2) is 8.42 Å². The van der Waals surface area contributed by atoms with E-state index in [4.69, 9.17) is 11.6 Å². The maximum absolute atomic E-state index is 13.5. The van der Waals surface area contributed by atoms with E-state index in [0.717, 1.165) is 11.3 Å². The summed E-state index contributed by atoms with van der Waals surface area (Å²) >= 11 is 7.00. The molecule has 194 valence electrons. The van der Waals surface area contributed by atoms with Gasteiger partial charge in [0.1, 0.15) is 6.04 Å². The van der Waals surface area contributed by atoms with Gasteiger partial charge >= 0.3 is 0 Å². The molecule has 0 aliphatic carbocycles. The van der Waals surface area contributed by atoms with Gasteiger partial charge in [0.25, 0.3) is 5.91 Å². The largest absolute Gasteiger partial charge is 0.349 e. The highest BCUT2D eigenvalue weighted by Gasteiger charge is 2.32. The van der Waals surface area contributed by atoms with E-state index in [1.54, 1.807) is 41.0 Å². The number of rotatable bonds is 8. The number of carbonyl (C=O) groups is 3. The van der Waals surface area contributed by atoms with Crippen molar-refractivity contribution in [2.45, 2.75) is 30.7 Å². The van der Waals surface area contributed by atoms with Gasteiger partial charge in [0, 0.05) is 51.4 Å². The molecule has 3 heterocycles.